The Hall–Kier alpha value is -2.34. The lowest BCUT2D eigenvalue weighted by Gasteiger charge is -2.46. The number of ether oxygens (including phenoxy) is 1. The average molecular weight is 555 g/mol. The molecule has 2 aromatic carbocycles. The SMILES string of the molecule is C[C@@H](OCC1(c2ccccc2)CCC2(CCC(=O)N2)CN1)c1cc(C(F)(F)F)cc(C(F)(F)F)c1.Cl.O. The number of hydrogen-bond acceptors (Lipinski definition) is 3. The van der Waals surface area contributed by atoms with E-state index >= 15 is 0 Å². The summed E-state index contributed by atoms with van der Waals surface area (Å²) in [4.78, 5) is 11.8. The summed E-state index contributed by atoms with van der Waals surface area (Å²) in [6, 6.07) is 10.9. The van der Waals surface area contributed by atoms with Crippen molar-refractivity contribution >= 4 is 18.3 Å². The van der Waals surface area contributed by atoms with E-state index in [0.29, 0.717) is 44.4 Å². The average Bonchev–Trinajstić information content (AvgIpc) is 3.18. The molecule has 1 amide bonds. The van der Waals surface area contributed by atoms with Gasteiger partial charge in [0.05, 0.1) is 34.9 Å². The first-order valence-corrected chi connectivity index (χ1v) is 11.3. The van der Waals surface area contributed by atoms with Crippen LogP contribution >= 0.6 is 12.4 Å². The third kappa shape index (κ3) is 6.76. The molecule has 2 aromatic rings. The van der Waals surface area contributed by atoms with Gasteiger partial charge in [-0.05, 0) is 55.5 Å². The zero-order valence-corrected chi connectivity index (χ0v) is 20.7. The topological polar surface area (TPSA) is 81.9 Å². The van der Waals surface area contributed by atoms with E-state index in [1.54, 1.807) is 0 Å². The molecule has 2 saturated heterocycles. The maximum atomic E-state index is 13.3. The van der Waals surface area contributed by atoms with Crippen molar-refractivity contribution in [2.45, 2.75) is 62.1 Å². The summed E-state index contributed by atoms with van der Waals surface area (Å²) in [5.41, 5.74) is -3.11. The van der Waals surface area contributed by atoms with E-state index in [2.05, 4.69) is 10.6 Å². The van der Waals surface area contributed by atoms with E-state index in [4.69, 9.17) is 4.74 Å². The molecule has 2 fully saturated rings. The molecule has 0 bridgehead atoms. The Morgan fingerprint density at radius 3 is 2.00 bits per heavy atom. The van der Waals surface area contributed by atoms with Crippen LogP contribution in [0.4, 0.5) is 26.3 Å². The van der Waals surface area contributed by atoms with Crippen LogP contribution in [0.25, 0.3) is 0 Å². The van der Waals surface area contributed by atoms with Gasteiger partial charge < -0.3 is 20.8 Å². The van der Waals surface area contributed by atoms with Gasteiger partial charge in [0.15, 0.2) is 0 Å². The second kappa shape index (κ2) is 11.2. The molecule has 1 spiro atoms. The standard InChI is InChI=1S/C25H26F6N2O2.ClH.H2O/c1-16(17-11-19(24(26,27)28)13-20(12-17)25(29,30)31)35-15-23(18-5-3-2-4-6-18)10-9-22(14-32-23)8-7-21(34)33-22;;/h2-6,11-13,16,32H,7-10,14-15H2,1H3,(H,33,34);1H;1H2/t16-,22?,23?;;/m1../s1. The van der Waals surface area contributed by atoms with Crippen LogP contribution in [-0.4, -0.2) is 30.1 Å². The van der Waals surface area contributed by atoms with Gasteiger partial charge in [-0.25, -0.2) is 0 Å². The number of benzene rings is 2. The zero-order valence-electron chi connectivity index (χ0n) is 19.9. The summed E-state index contributed by atoms with van der Waals surface area (Å²) >= 11 is 0. The minimum Gasteiger partial charge on any atom is -0.412 e. The summed E-state index contributed by atoms with van der Waals surface area (Å²) in [6.07, 6.45) is -8.49. The fraction of sp³-hybridized carbons (Fsp3) is 0.480. The number of amides is 1. The lowest BCUT2D eigenvalue weighted by atomic mass is 9.76. The Kier molecular flexibility index (Phi) is 9.33. The third-order valence-electron chi connectivity index (χ3n) is 7.02. The highest BCUT2D eigenvalue weighted by Gasteiger charge is 2.47. The Bertz CT molecular complexity index is 1040. The van der Waals surface area contributed by atoms with Crippen LogP contribution in [0.3, 0.4) is 0 Å². The number of carbonyl (C=O) groups is 1. The van der Waals surface area contributed by atoms with Crippen LogP contribution in [0.1, 0.15) is 61.0 Å². The summed E-state index contributed by atoms with van der Waals surface area (Å²) in [6.45, 7) is 1.95. The fourth-order valence-corrected chi connectivity index (χ4v) is 4.85. The van der Waals surface area contributed by atoms with E-state index in [0.717, 1.165) is 5.56 Å². The van der Waals surface area contributed by atoms with Crippen LogP contribution in [0.2, 0.25) is 0 Å². The molecule has 0 saturated carbocycles. The van der Waals surface area contributed by atoms with Gasteiger partial charge in [-0.2, -0.15) is 26.3 Å². The molecule has 0 radical (unpaired) electrons. The maximum Gasteiger partial charge on any atom is 0.416 e. The number of carbonyl (C=O) groups excluding carboxylic acids is 1. The van der Waals surface area contributed by atoms with Crippen molar-refractivity contribution < 1.29 is 41.4 Å². The first kappa shape index (κ1) is 30.9. The smallest absolute Gasteiger partial charge is 0.412 e. The normalized spacial score (nSPS) is 24.7. The molecule has 2 aliphatic rings. The van der Waals surface area contributed by atoms with Crippen LogP contribution < -0.4 is 10.6 Å². The van der Waals surface area contributed by atoms with Crippen LogP contribution in [0.5, 0.6) is 0 Å². The highest BCUT2D eigenvalue weighted by Crippen LogP contribution is 2.40. The van der Waals surface area contributed by atoms with Crippen LogP contribution in [-0.2, 0) is 27.4 Å². The Balaban J connectivity index is 0.00000241. The van der Waals surface area contributed by atoms with Crippen LogP contribution in [0, 0.1) is 0 Å². The summed E-state index contributed by atoms with van der Waals surface area (Å²) in [7, 11) is 0. The third-order valence-corrected chi connectivity index (χ3v) is 7.02. The molecule has 12 heteroatoms. The number of rotatable bonds is 5. The van der Waals surface area contributed by atoms with E-state index in [-0.39, 0.29) is 47.6 Å². The summed E-state index contributed by atoms with van der Waals surface area (Å²) < 4.78 is 85.6. The highest BCUT2D eigenvalue weighted by atomic mass is 35.5. The monoisotopic (exact) mass is 554 g/mol. The maximum absolute atomic E-state index is 13.3. The Morgan fingerprint density at radius 1 is 0.946 bits per heavy atom. The minimum absolute atomic E-state index is 0. The van der Waals surface area contributed by atoms with E-state index in [9.17, 15) is 31.1 Å². The second-order valence-electron chi connectivity index (χ2n) is 9.42. The quantitative estimate of drug-likeness (QED) is 0.490. The molecule has 2 aliphatic heterocycles. The highest BCUT2D eigenvalue weighted by molar-refractivity contribution is 5.85. The molecular formula is C25H29ClF6N2O3. The molecule has 0 aromatic heterocycles. The Labute approximate surface area is 216 Å². The summed E-state index contributed by atoms with van der Waals surface area (Å²) in [5.74, 6) is -0.00565. The van der Waals surface area contributed by atoms with Gasteiger partial charge in [-0.3, -0.25) is 4.79 Å². The first-order chi connectivity index (χ1) is 16.3. The van der Waals surface area contributed by atoms with Crippen molar-refractivity contribution in [3.8, 4) is 0 Å². The van der Waals surface area contributed by atoms with Crippen molar-refractivity contribution in [3.63, 3.8) is 0 Å². The van der Waals surface area contributed by atoms with Gasteiger partial charge in [-0.15, -0.1) is 12.4 Å². The van der Waals surface area contributed by atoms with Gasteiger partial charge in [0, 0.05) is 13.0 Å². The second-order valence-corrected chi connectivity index (χ2v) is 9.42. The van der Waals surface area contributed by atoms with Gasteiger partial charge in [0.1, 0.15) is 0 Å². The molecule has 37 heavy (non-hydrogen) atoms. The van der Waals surface area contributed by atoms with Crippen molar-refractivity contribution in [3.05, 3.63) is 70.8 Å². The van der Waals surface area contributed by atoms with Gasteiger partial charge in [-0.1, -0.05) is 30.3 Å². The number of piperidine rings is 1. The van der Waals surface area contributed by atoms with Gasteiger partial charge in [0.25, 0.3) is 0 Å². The largest absolute Gasteiger partial charge is 0.416 e. The van der Waals surface area contributed by atoms with Gasteiger partial charge in [0.2, 0.25) is 5.91 Å². The van der Waals surface area contributed by atoms with Crippen LogP contribution in [0.15, 0.2) is 48.5 Å². The van der Waals surface area contributed by atoms with Crippen molar-refractivity contribution in [1.82, 2.24) is 10.6 Å². The number of nitrogens with one attached hydrogen (secondary N) is 2. The molecule has 206 valence electrons. The van der Waals surface area contributed by atoms with E-state index in [1.807, 2.05) is 30.3 Å². The molecule has 4 N–H and O–H groups in total. The number of halogens is 7. The molecule has 2 unspecified atom stereocenters. The molecular weight excluding hydrogens is 526 g/mol. The van der Waals surface area contributed by atoms with E-state index in [1.165, 1.54) is 6.92 Å². The Morgan fingerprint density at radius 2 is 1.54 bits per heavy atom. The predicted octanol–water partition coefficient (Wildman–Crippen LogP) is 5.33. The summed E-state index contributed by atoms with van der Waals surface area (Å²) in [5, 5.41) is 6.52. The van der Waals surface area contributed by atoms with E-state index < -0.39 is 35.1 Å². The minimum atomic E-state index is -4.92. The fourth-order valence-electron chi connectivity index (χ4n) is 4.85. The predicted molar refractivity (Wildman–Crippen MR) is 127 cm³/mol. The molecule has 2 heterocycles. The molecule has 4 rings (SSSR count). The van der Waals surface area contributed by atoms with Crippen molar-refractivity contribution in [1.29, 1.82) is 0 Å². The molecule has 5 nitrogen and oxygen atoms in total. The number of alkyl halides is 6. The zero-order chi connectivity index (χ0) is 25.5. The molecule has 0 aliphatic carbocycles. The van der Waals surface area contributed by atoms with Crippen molar-refractivity contribution in [2.75, 3.05) is 13.2 Å². The first-order valence-electron chi connectivity index (χ1n) is 11.3. The van der Waals surface area contributed by atoms with Crippen molar-refractivity contribution in [2.24, 2.45) is 0 Å². The lowest BCUT2D eigenvalue weighted by molar-refractivity contribution is -0.143. The van der Waals surface area contributed by atoms with Gasteiger partial charge >= 0.3 is 12.4 Å². The molecule has 3 atom stereocenters. The number of hydrogen-bond donors (Lipinski definition) is 2. The lowest BCUT2D eigenvalue weighted by Crippen LogP contribution is -2.61.